The Morgan fingerprint density at radius 3 is 2.30 bits per heavy atom. The summed E-state index contributed by atoms with van der Waals surface area (Å²) in [7, 11) is 1.73. The minimum Gasteiger partial charge on any atom is -0.616 e. The average Bonchev–Trinajstić information content (AvgIpc) is 3.68. The second-order valence-corrected chi connectivity index (χ2v) is 19.0. The van der Waals surface area contributed by atoms with Crippen molar-refractivity contribution < 1.29 is 23.6 Å². The standard InChI is InChI=1S/C42H57N5O5S/c1-29-24-33(8-11-36(29)51-5)42-18-15-41(16-19-42,17-20-42)28-46(37-25-31(12-21-43-37)32-26-44-47(27-32)40(2,3)4)38(48)30-6-9-35(10-7-30)52-39(49)45-34-13-22-53(50)23-14-34/h8,11-12,21,24-27,30,34-35H,6-7,9-10,13-20,22-23,28H2,1-5H3,(H,45,49). The number of aryl methyl sites for hydroxylation is 1. The Labute approximate surface area is 318 Å². The summed E-state index contributed by atoms with van der Waals surface area (Å²) in [5, 5.41) is 7.61. The number of hydrogen-bond acceptors (Lipinski definition) is 7. The molecule has 286 valence electrons. The SMILES string of the molecule is COc1ccc(C23CCC(CN(C(=O)C4CCC(OC(=O)NC5CC[S+]([O-])CC5)CC4)c4cc(-c5cnn(C(C)(C)C)c5)ccn4)(CC2)CC3)cc1C. The van der Waals surface area contributed by atoms with Crippen molar-refractivity contribution in [2.45, 2.75) is 128 Å². The van der Waals surface area contributed by atoms with Gasteiger partial charge in [0.25, 0.3) is 0 Å². The summed E-state index contributed by atoms with van der Waals surface area (Å²) in [5.41, 5.74) is 4.68. The number of methoxy groups -OCH3 is 1. The molecule has 3 heterocycles. The molecule has 0 radical (unpaired) electrons. The molecule has 5 fully saturated rings. The molecule has 11 heteroatoms. The van der Waals surface area contributed by atoms with E-state index in [2.05, 4.69) is 68.6 Å². The third-order valence-electron chi connectivity index (χ3n) is 12.8. The number of anilines is 1. The Hall–Kier alpha value is -3.57. The molecule has 53 heavy (non-hydrogen) atoms. The minimum atomic E-state index is -0.778. The Morgan fingerprint density at radius 1 is 0.981 bits per heavy atom. The number of pyridine rings is 1. The van der Waals surface area contributed by atoms with Gasteiger partial charge in [-0.2, -0.15) is 5.10 Å². The molecule has 1 aliphatic heterocycles. The van der Waals surface area contributed by atoms with E-state index in [0.29, 0.717) is 49.6 Å². The number of fused-ring (bicyclic) bond motifs is 3. The minimum absolute atomic E-state index is 0.0159. The van der Waals surface area contributed by atoms with Crippen molar-refractivity contribution in [2.75, 3.05) is 30.1 Å². The van der Waals surface area contributed by atoms with E-state index in [0.717, 1.165) is 68.2 Å². The van der Waals surface area contributed by atoms with Crippen molar-refractivity contribution >= 4 is 29.0 Å². The molecule has 0 unspecified atom stereocenters. The van der Waals surface area contributed by atoms with Crippen LogP contribution < -0.4 is 15.0 Å². The molecule has 2 aromatic heterocycles. The van der Waals surface area contributed by atoms with Crippen LogP contribution in [0.4, 0.5) is 10.6 Å². The summed E-state index contributed by atoms with van der Waals surface area (Å²) in [6.45, 7) is 9.19. The third-order valence-corrected chi connectivity index (χ3v) is 14.2. The summed E-state index contributed by atoms with van der Waals surface area (Å²) in [6, 6.07) is 10.8. The number of hydrogen-bond donors (Lipinski definition) is 1. The molecule has 5 aliphatic rings. The van der Waals surface area contributed by atoms with E-state index in [4.69, 9.17) is 14.5 Å². The summed E-state index contributed by atoms with van der Waals surface area (Å²) in [6.07, 6.45) is 15.8. The molecule has 8 rings (SSSR count). The summed E-state index contributed by atoms with van der Waals surface area (Å²) >= 11 is -0.778. The lowest BCUT2D eigenvalue weighted by atomic mass is 9.51. The second-order valence-electron chi connectivity index (χ2n) is 17.3. The van der Waals surface area contributed by atoms with Gasteiger partial charge in [-0.05, 0) is 138 Å². The van der Waals surface area contributed by atoms with Crippen molar-refractivity contribution in [2.24, 2.45) is 11.3 Å². The van der Waals surface area contributed by atoms with Crippen LogP contribution in [-0.2, 0) is 31.7 Å². The van der Waals surface area contributed by atoms with Gasteiger partial charge in [0, 0.05) is 49.3 Å². The highest BCUT2D eigenvalue weighted by atomic mass is 32.2. The van der Waals surface area contributed by atoms with E-state index >= 15 is 0 Å². The van der Waals surface area contributed by atoms with Gasteiger partial charge in [0.2, 0.25) is 5.91 Å². The van der Waals surface area contributed by atoms with Crippen LogP contribution in [0, 0.1) is 18.3 Å². The summed E-state index contributed by atoms with van der Waals surface area (Å²) in [4.78, 5) is 34.3. The molecule has 2 bridgehead atoms. The molecule has 1 saturated heterocycles. The maximum atomic E-state index is 14.7. The van der Waals surface area contributed by atoms with Crippen LogP contribution in [0.2, 0.25) is 0 Å². The Morgan fingerprint density at radius 2 is 1.68 bits per heavy atom. The van der Waals surface area contributed by atoms with Gasteiger partial charge in [0.15, 0.2) is 0 Å². The van der Waals surface area contributed by atoms with E-state index in [1.807, 2.05) is 28.0 Å². The number of alkyl carbamates (subject to hydrolysis) is 1. The van der Waals surface area contributed by atoms with Crippen molar-refractivity contribution in [3.8, 4) is 16.9 Å². The number of rotatable bonds is 9. The Kier molecular flexibility index (Phi) is 10.9. The highest BCUT2D eigenvalue weighted by molar-refractivity contribution is 7.91. The van der Waals surface area contributed by atoms with Gasteiger partial charge in [-0.15, -0.1) is 0 Å². The van der Waals surface area contributed by atoms with Crippen LogP contribution in [0.5, 0.6) is 5.75 Å². The Bertz CT molecular complexity index is 1750. The zero-order valence-electron chi connectivity index (χ0n) is 32.2. The van der Waals surface area contributed by atoms with Crippen LogP contribution in [-0.4, -0.2) is 68.6 Å². The lowest BCUT2D eigenvalue weighted by Gasteiger charge is -2.55. The van der Waals surface area contributed by atoms with Crippen LogP contribution in [0.25, 0.3) is 11.1 Å². The smallest absolute Gasteiger partial charge is 0.407 e. The summed E-state index contributed by atoms with van der Waals surface area (Å²) in [5.74, 6) is 2.84. The number of amides is 2. The fraction of sp³-hybridized carbons (Fsp3) is 0.619. The lowest BCUT2D eigenvalue weighted by molar-refractivity contribution is -0.124. The molecule has 10 nitrogen and oxygen atoms in total. The van der Waals surface area contributed by atoms with E-state index in [1.54, 1.807) is 7.11 Å². The van der Waals surface area contributed by atoms with Crippen LogP contribution in [0.3, 0.4) is 0 Å². The van der Waals surface area contributed by atoms with Gasteiger partial charge in [-0.25, -0.2) is 9.78 Å². The van der Waals surface area contributed by atoms with Gasteiger partial charge in [0.05, 0.1) is 18.8 Å². The molecule has 4 saturated carbocycles. The zero-order chi connectivity index (χ0) is 37.4. The largest absolute Gasteiger partial charge is 0.616 e. The number of nitrogens with one attached hydrogen (secondary N) is 1. The predicted octanol–water partition coefficient (Wildman–Crippen LogP) is 7.84. The first-order valence-electron chi connectivity index (χ1n) is 19.7. The van der Waals surface area contributed by atoms with Crippen molar-refractivity contribution in [1.29, 1.82) is 0 Å². The molecule has 1 N–H and O–H groups in total. The van der Waals surface area contributed by atoms with Gasteiger partial charge < -0.3 is 19.3 Å². The zero-order valence-corrected chi connectivity index (χ0v) is 33.0. The topological polar surface area (TPSA) is 122 Å². The average molecular weight is 744 g/mol. The number of benzene rings is 1. The first-order valence-corrected chi connectivity index (χ1v) is 21.1. The van der Waals surface area contributed by atoms with Crippen molar-refractivity contribution in [1.82, 2.24) is 20.1 Å². The van der Waals surface area contributed by atoms with Gasteiger partial charge in [0.1, 0.15) is 29.2 Å². The quantitative estimate of drug-likeness (QED) is 0.222. The van der Waals surface area contributed by atoms with Crippen LogP contribution >= 0.6 is 0 Å². The molecule has 4 aliphatic carbocycles. The lowest BCUT2D eigenvalue weighted by Crippen LogP contribution is -2.52. The molecule has 0 atom stereocenters. The molecule has 1 aromatic carbocycles. The molecule has 0 spiro atoms. The maximum absolute atomic E-state index is 14.7. The molecular formula is C42H57N5O5S. The highest BCUT2D eigenvalue weighted by Gasteiger charge is 2.51. The first kappa shape index (κ1) is 37.7. The normalized spacial score (nSPS) is 28.6. The third kappa shape index (κ3) is 8.26. The molecule has 2 amide bonds. The molecule has 3 aromatic rings. The fourth-order valence-corrected chi connectivity index (χ4v) is 10.6. The fourth-order valence-electron chi connectivity index (χ4n) is 9.27. The van der Waals surface area contributed by atoms with E-state index in [-0.39, 0.29) is 40.3 Å². The van der Waals surface area contributed by atoms with Gasteiger partial charge in [-0.3, -0.25) is 14.4 Å². The van der Waals surface area contributed by atoms with Gasteiger partial charge >= 0.3 is 6.09 Å². The van der Waals surface area contributed by atoms with E-state index in [1.165, 1.54) is 11.1 Å². The van der Waals surface area contributed by atoms with E-state index < -0.39 is 17.3 Å². The number of nitrogens with zero attached hydrogens (tertiary/aromatic N) is 4. The first-order chi connectivity index (χ1) is 25.3. The van der Waals surface area contributed by atoms with E-state index in [9.17, 15) is 14.1 Å². The van der Waals surface area contributed by atoms with Crippen molar-refractivity contribution in [3.63, 3.8) is 0 Å². The summed E-state index contributed by atoms with van der Waals surface area (Å²) < 4.78 is 25.1. The van der Waals surface area contributed by atoms with Crippen LogP contribution in [0.1, 0.15) is 109 Å². The number of ether oxygens (including phenoxy) is 2. The highest BCUT2D eigenvalue weighted by Crippen LogP contribution is 2.58. The van der Waals surface area contributed by atoms with Crippen molar-refractivity contribution in [3.05, 3.63) is 60.0 Å². The number of carbonyl (C=O) groups excluding carboxylic acids is 2. The predicted molar refractivity (Wildman–Crippen MR) is 209 cm³/mol. The van der Waals surface area contributed by atoms with Crippen LogP contribution in [0.15, 0.2) is 48.9 Å². The number of aromatic nitrogens is 3. The van der Waals surface area contributed by atoms with Gasteiger partial charge in [-0.1, -0.05) is 23.3 Å². The second kappa shape index (κ2) is 15.3. The monoisotopic (exact) mass is 743 g/mol. The molecular weight excluding hydrogens is 687 g/mol. The number of carbonyl (C=O) groups is 2. The maximum Gasteiger partial charge on any atom is 0.407 e. The Balaban J connectivity index is 1.07.